The molecule has 0 radical (unpaired) electrons. The van der Waals surface area contributed by atoms with Crippen molar-refractivity contribution in [3.8, 4) is 0 Å². The first-order chi connectivity index (χ1) is 7.18. The van der Waals surface area contributed by atoms with Crippen molar-refractivity contribution in [2.24, 2.45) is 0 Å². The lowest BCUT2D eigenvalue weighted by Crippen LogP contribution is -2.23. The van der Waals surface area contributed by atoms with Gasteiger partial charge in [-0.1, -0.05) is 22.0 Å². The SMILES string of the molecule is OCC(F)(F)c1ccc(Br)cc1C(F)(F)F. The van der Waals surface area contributed by atoms with Crippen LogP contribution in [0.3, 0.4) is 0 Å². The van der Waals surface area contributed by atoms with Crippen LogP contribution in [0.15, 0.2) is 22.7 Å². The van der Waals surface area contributed by atoms with Gasteiger partial charge in [-0.05, 0) is 12.1 Å². The summed E-state index contributed by atoms with van der Waals surface area (Å²) in [6.45, 7) is -1.67. The van der Waals surface area contributed by atoms with Gasteiger partial charge in [-0.2, -0.15) is 22.0 Å². The second-order valence-corrected chi connectivity index (χ2v) is 3.97. The predicted octanol–water partition coefficient (Wildman–Crippen LogP) is 3.55. The van der Waals surface area contributed by atoms with Crippen molar-refractivity contribution in [1.29, 1.82) is 0 Å². The Morgan fingerprint density at radius 1 is 1.06 bits per heavy atom. The van der Waals surface area contributed by atoms with Crippen LogP contribution < -0.4 is 0 Å². The molecule has 0 aliphatic carbocycles. The number of aliphatic hydroxyl groups excluding tert-OH is 1. The molecule has 0 bridgehead atoms. The molecule has 7 heteroatoms. The Hall–Kier alpha value is -0.690. The molecular formula is C9H6BrF5O. The highest BCUT2D eigenvalue weighted by Crippen LogP contribution is 2.40. The van der Waals surface area contributed by atoms with Crippen LogP contribution in [0.5, 0.6) is 0 Å². The molecule has 0 heterocycles. The van der Waals surface area contributed by atoms with Crippen molar-refractivity contribution in [3.05, 3.63) is 33.8 Å². The molecule has 1 aromatic carbocycles. The lowest BCUT2D eigenvalue weighted by atomic mass is 10.0. The van der Waals surface area contributed by atoms with Crippen LogP contribution in [0, 0.1) is 0 Å². The van der Waals surface area contributed by atoms with E-state index in [0.29, 0.717) is 12.1 Å². The quantitative estimate of drug-likeness (QED) is 0.829. The average molecular weight is 305 g/mol. The molecule has 0 aliphatic heterocycles. The largest absolute Gasteiger partial charge is 0.416 e. The van der Waals surface area contributed by atoms with Crippen LogP contribution in [0.4, 0.5) is 22.0 Å². The summed E-state index contributed by atoms with van der Waals surface area (Å²) in [4.78, 5) is 0. The van der Waals surface area contributed by atoms with Gasteiger partial charge >= 0.3 is 6.18 Å². The van der Waals surface area contributed by atoms with Gasteiger partial charge in [0.1, 0.15) is 6.61 Å². The first-order valence-corrected chi connectivity index (χ1v) is 4.83. The van der Waals surface area contributed by atoms with E-state index in [1.54, 1.807) is 0 Å². The molecule has 0 spiro atoms. The van der Waals surface area contributed by atoms with Crippen molar-refractivity contribution >= 4 is 15.9 Å². The third-order valence-electron chi connectivity index (χ3n) is 1.88. The normalized spacial score (nSPS) is 12.9. The smallest absolute Gasteiger partial charge is 0.390 e. The molecule has 1 rings (SSSR count). The number of hydrogen-bond donors (Lipinski definition) is 1. The van der Waals surface area contributed by atoms with Crippen LogP contribution in [0.2, 0.25) is 0 Å². The predicted molar refractivity (Wildman–Crippen MR) is 50.1 cm³/mol. The van der Waals surface area contributed by atoms with Gasteiger partial charge in [0.05, 0.1) is 5.56 Å². The summed E-state index contributed by atoms with van der Waals surface area (Å²) < 4.78 is 63.5. The second-order valence-electron chi connectivity index (χ2n) is 3.05. The van der Waals surface area contributed by atoms with Gasteiger partial charge in [-0.25, -0.2) is 0 Å². The first-order valence-electron chi connectivity index (χ1n) is 4.04. The van der Waals surface area contributed by atoms with Gasteiger partial charge in [0, 0.05) is 10.0 Å². The van der Waals surface area contributed by atoms with E-state index in [-0.39, 0.29) is 4.47 Å². The topological polar surface area (TPSA) is 20.2 Å². The lowest BCUT2D eigenvalue weighted by Gasteiger charge is -2.19. The molecule has 0 saturated carbocycles. The summed E-state index contributed by atoms with van der Waals surface area (Å²) in [5, 5.41) is 8.38. The molecule has 0 atom stereocenters. The van der Waals surface area contributed by atoms with Gasteiger partial charge in [-0.3, -0.25) is 0 Å². The lowest BCUT2D eigenvalue weighted by molar-refractivity contribution is -0.143. The van der Waals surface area contributed by atoms with Gasteiger partial charge in [0.2, 0.25) is 0 Å². The summed E-state index contributed by atoms with van der Waals surface area (Å²) in [5.74, 6) is -3.91. The Kier molecular flexibility index (Phi) is 3.59. The minimum atomic E-state index is -4.89. The summed E-state index contributed by atoms with van der Waals surface area (Å²) in [6, 6.07) is 2.26. The zero-order valence-corrected chi connectivity index (χ0v) is 9.24. The highest BCUT2D eigenvalue weighted by Gasteiger charge is 2.42. The highest BCUT2D eigenvalue weighted by molar-refractivity contribution is 9.10. The molecule has 1 nitrogen and oxygen atoms in total. The molecule has 0 aromatic heterocycles. The van der Waals surface area contributed by atoms with Crippen molar-refractivity contribution in [1.82, 2.24) is 0 Å². The molecule has 1 N–H and O–H groups in total. The monoisotopic (exact) mass is 304 g/mol. The third-order valence-corrected chi connectivity index (χ3v) is 2.37. The van der Waals surface area contributed by atoms with Crippen LogP contribution in [-0.4, -0.2) is 11.7 Å². The van der Waals surface area contributed by atoms with Crippen molar-refractivity contribution < 1.29 is 27.1 Å². The van der Waals surface area contributed by atoms with E-state index >= 15 is 0 Å². The van der Waals surface area contributed by atoms with Crippen molar-refractivity contribution in [3.63, 3.8) is 0 Å². The number of rotatable bonds is 2. The minimum absolute atomic E-state index is 0.0392. The number of hydrogen-bond acceptors (Lipinski definition) is 1. The standard InChI is InChI=1S/C9H6BrF5O/c10-5-1-2-6(8(11,12)4-16)7(3-5)9(13,14)15/h1-3,16H,4H2. The van der Waals surface area contributed by atoms with Crippen LogP contribution in [0.1, 0.15) is 11.1 Å². The minimum Gasteiger partial charge on any atom is -0.390 e. The molecule has 0 amide bonds. The fraction of sp³-hybridized carbons (Fsp3) is 0.333. The maximum Gasteiger partial charge on any atom is 0.416 e. The Morgan fingerprint density at radius 3 is 2.06 bits per heavy atom. The zero-order valence-electron chi connectivity index (χ0n) is 7.65. The first kappa shape index (κ1) is 13.4. The van der Waals surface area contributed by atoms with Gasteiger partial charge < -0.3 is 5.11 Å². The van der Waals surface area contributed by atoms with E-state index in [4.69, 9.17) is 5.11 Å². The summed E-state index contributed by atoms with van der Waals surface area (Å²) in [5.41, 5.74) is -2.69. The van der Waals surface area contributed by atoms with E-state index in [2.05, 4.69) is 15.9 Å². The number of aliphatic hydroxyl groups is 1. The Morgan fingerprint density at radius 2 is 1.62 bits per heavy atom. The second kappa shape index (κ2) is 4.29. The van der Waals surface area contributed by atoms with Crippen LogP contribution in [0.25, 0.3) is 0 Å². The van der Waals surface area contributed by atoms with E-state index in [0.717, 1.165) is 6.07 Å². The average Bonchev–Trinajstić information content (AvgIpc) is 2.16. The zero-order chi connectivity index (χ0) is 12.6. The fourth-order valence-corrected chi connectivity index (χ4v) is 1.52. The summed E-state index contributed by atoms with van der Waals surface area (Å²) in [6.07, 6.45) is -4.89. The Balaban J connectivity index is 3.40. The van der Waals surface area contributed by atoms with Gasteiger partial charge in [0.15, 0.2) is 0 Å². The van der Waals surface area contributed by atoms with Gasteiger partial charge in [-0.15, -0.1) is 0 Å². The Labute approximate surface area is 96.0 Å². The van der Waals surface area contributed by atoms with Gasteiger partial charge in [0.25, 0.3) is 5.92 Å². The molecule has 0 fully saturated rings. The summed E-state index contributed by atoms with van der Waals surface area (Å²) >= 11 is 2.77. The highest BCUT2D eigenvalue weighted by atomic mass is 79.9. The molecule has 16 heavy (non-hydrogen) atoms. The van der Waals surface area contributed by atoms with E-state index in [1.807, 2.05) is 0 Å². The van der Waals surface area contributed by atoms with Crippen LogP contribution >= 0.6 is 15.9 Å². The number of benzene rings is 1. The van der Waals surface area contributed by atoms with E-state index in [1.165, 1.54) is 0 Å². The molecule has 90 valence electrons. The Bertz CT molecular complexity index is 388. The fourth-order valence-electron chi connectivity index (χ4n) is 1.16. The maximum absolute atomic E-state index is 13.0. The summed E-state index contributed by atoms with van der Waals surface area (Å²) in [7, 11) is 0. The third kappa shape index (κ3) is 2.70. The molecule has 0 saturated heterocycles. The molecular weight excluding hydrogens is 299 g/mol. The number of halogens is 6. The van der Waals surface area contributed by atoms with E-state index in [9.17, 15) is 22.0 Å². The molecule has 0 aliphatic rings. The maximum atomic E-state index is 13.0. The van der Waals surface area contributed by atoms with E-state index < -0.39 is 29.8 Å². The van der Waals surface area contributed by atoms with Crippen LogP contribution in [-0.2, 0) is 12.1 Å². The van der Waals surface area contributed by atoms with Crippen molar-refractivity contribution in [2.45, 2.75) is 12.1 Å². The molecule has 0 unspecified atom stereocenters. The molecule has 1 aromatic rings. The number of alkyl halides is 5. The van der Waals surface area contributed by atoms with Crippen molar-refractivity contribution in [2.75, 3.05) is 6.61 Å².